The number of nitrogens with zero attached hydrogens (tertiary/aromatic N) is 1. The van der Waals surface area contributed by atoms with E-state index in [2.05, 4.69) is 16.0 Å². The average molecular weight is 458 g/mol. The van der Waals surface area contributed by atoms with Gasteiger partial charge >= 0.3 is 6.09 Å². The largest absolute Gasteiger partial charge is 0.443 e. The Labute approximate surface area is 184 Å². The fourth-order valence-electron chi connectivity index (χ4n) is 4.18. The number of nitrogens with one attached hydrogen (secondary N) is 3. The summed E-state index contributed by atoms with van der Waals surface area (Å²) in [4.78, 5) is 36.9. The molecule has 0 spiro atoms. The Morgan fingerprint density at radius 3 is 2.72 bits per heavy atom. The van der Waals surface area contributed by atoms with Crippen LogP contribution in [0.25, 0.3) is 0 Å². The van der Waals surface area contributed by atoms with Crippen LogP contribution in [0.4, 0.5) is 13.6 Å². The van der Waals surface area contributed by atoms with E-state index < -0.39 is 54.9 Å². The highest BCUT2D eigenvalue weighted by Crippen LogP contribution is 2.43. The van der Waals surface area contributed by atoms with Gasteiger partial charge in [-0.15, -0.1) is 0 Å². The molecule has 3 fully saturated rings. The van der Waals surface area contributed by atoms with Gasteiger partial charge in [0.15, 0.2) is 6.29 Å². The predicted molar refractivity (Wildman–Crippen MR) is 104 cm³/mol. The highest BCUT2D eigenvalue weighted by atomic mass is 19.3. The number of halogens is 2. The van der Waals surface area contributed by atoms with Gasteiger partial charge in [-0.3, -0.25) is 9.59 Å². The van der Waals surface area contributed by atoms with E-state index in [1.165, 1.54) is 0 Å². The molecule has 0 aromatic rings. The summed E-state index contributed by atoms with van der Waals surface area (Å²) in [5.41, 5.74) is 0. The number of hydrogen-bond donors (Lipinski definition) is 3. The highest BCUT2D eigenvalue weighted by Gasteiger charge is 2.60. The third-order valence-corrected chi connectivity index (χ3v) is 5.78. The molecule has 0 aromatic heterocycles. The Balaban J connectivity index is 1.57. The molecule has 6 atom stereocenters. The molecule has 12 heteroatoms. The number of amides is 3. The van der Waals surface area contributed by atoms with Crippen LogP contribution in [0.5, 0.6) is 0 Å². The number of ether oxygens (including phenoxy) is 3. The molecule has 3 N–H and O–H groups in total. The van der Waals surface area contributed by atoms with Crippen molar-refractivity contribution in [2.45, 2.75) is 63.5 Å². The summed E-state index contributed by atoms with van der Waals surface area (Å²) in [6.07, 6.45) is -2.42. The third kappa shape index (κ3) is 5.63. The number of hydrogen-bond acceptors (Lipinski definition) is 7. The van der Waals surface area contributed by atoms with Crippen LogP contribution in [-0.4, -0.2) is 68.1 Å². The van der Waals surface area contributed by atoms with E-state index in [-0.39, 0.29) is 37.2 Å². The molecule has 0 radical (unpaired) electrons. The molecule has 0 bridgehead atoms. The van der Waals surface area contributed by atoms with Gasteiger partial charge in [-0.2, -0.15) is 5.26 Å². The number of alkyl carbamates (subject to hydrolysis) is 1. The van der Waals surface area contributed by atoms with Gasteiger partial charge < -0.3 is 30.2 Å². The van der Waals surface area contributed by atoms with Crippen molar-refractivity contribution in [1.29, 1.82) is 5.26 Å². The maximum Gasteiger partial charge on any atom is 0.408 e. The van der Waals surface area contributed by atoms with Gasteiger partial charge in [0.05, 0.1) is 12.7 Å². The van der Waals surface area contributed by atoms with Crippen LogP contribution in [0.2, 0.25) is 0 Å². The molecule has 3 heterocycles. The first-order chi connectivity index (χ1) is 15.1. The van der Waals surface area contributed by atoms with Gasteiger partial charge in [-0.05, 0) is 25.2 Å². The first-order valence-corrected chi connectivity index (χ1v) is 10.7. The lowest BCUT2D eigenvalue weighted by Gasteiger charge is -2.25. The summed E-state index contributed by atoms with van der Waals surface area (Å²) in [7, 11) is 0. The molecule has 3 amide bonds. The van der Waals surface area contributed by atoms with Gasteiger partial charge in [0.25, 0.3) is 5.92 Å². The van der Waals surface area contributed by atoms with Crippen molar-refractivity contribution in [1.82, 2.24) is 16.0 Å². The lowest BCUT2D eigenvalue weighted by Crippen LogP contribution is -2.51. The quantitative estimate of drug-likeness (QED) is 0.486. The second-order valence-corrected chi connectivity index (χ2v) is 8.77. The molecule has 3 rings (SSSR count). The van der Waals surface area contributed by atoms with Gasteiger partial charge in [0, 0.05) is 12.5 Å². The van der Waals surface area contributed by atoms with Crippen LogP contribution in [0.3, 0.4) is 0 Å². The van der Waals surface area contributed by atoms with E-state index in [9.17, 15) is 28.4 Å². The zero-order valence-electron chi connectivity index (χ0n) is 17.9. The van der Waals surface area contributed by atoms with Crippen LogP contribution < -0.4 is 16.0 Å². The summed E-state index contributed by atoms with van der Waals surface area (Å²) in [6.45, 7) is 3.15. The smallest absolute Gasteiger partial charge is 0.408 e. The molecule has 0 saturated carbocycles. The van der Waals surface area contributed by atoms with E-state index in [1.54, 1.807) is 0 Å². The monoisotopic (exact) mass is 458 g/mol. The molecule has 0 aromatic carbocycles. The molecular formula is C20H28F2N4O6. The van der Waals surface area contributed by atoms with Crippen LogP contribution in [0, 0.1) is 29.1 Å². The number of carbonyl (C=O) groups is 3. The molecule has 178 valence electrons. The lowest BCUT2D eigenvalue weighted by molar-refractivity contribution is -0.125. The van der Waals surface area contributed by atoms with Crippen molar-refractivity contribution >= 4 is 17.9 Å². The molecule has 10 nitrogen and oxygen atoms in total. The van der Waals surface area contributed by atoms with Crippen molar-refractivity contribution in [2.75, 3.05) is 19.8 Å². The number of fused-ring (bicyclic) bond motifs is 1. The van der Waals surface area contributed by atoms with Gasteiger partial charge in [0.2, 0.25) is 11.8 Å². The highest BCUT2D eigenvalue weighted by molar-refractivity contribution is 5.86. The topological polar surface area (TPSA) is 139 Å². The maximum absolute atomic E-state index is 14.0. The minimum absolute atomic E-state index is 0.000967. The van der Waals surface area contributed by atoms with Gasteiger partial charge in [-0.25, -0.2) is 13.6 Å². The van der Waals surface area contributed by atoms with Gasteiger partial charge in [0.1, 0.15) is 30.7 Å². The van der Waals surface area contributed by atoms with Crippen molar-refractivity contribution in [2.24, 2.45) is 17.8 Å². The van der Waals surface area contributed by atoms with Crippen LogP contribution in [0.15, 0.2) is 0 Å². The van der Waals surface area contributed by atoms with E-state index in [1.807, 2.05) is 19.9 Å². The van der Waals surface area contributed by atoms with Crippen LogP contribution in [-0.2, 0) is 23.8 Å². The molecule has 3 aliphatic heterocycles. The standard InChI is InChI=1S/C20H28F2N4O6/c1-10(2)5-13(17(28)25-12(7-23)6-11-3-4-24-16(11)27)26-19(29)32-14-8-30-18-15(14)20(21,22)9-31-18/h10-15,18H,3-6,8-9H2,1-2H3,(H,24,27)(H,25,28)(H,26,29)/t11-,12-,13-,14-,15-,18-/m0/s1. The Kier molecular flexibility index (Phi) is 7.51. The summed E-state index contributed by atoms with van der Waals surface area (Å²) in [5.74, 6) is -5.74. The van der Waals surface area contributed by atoms with Crippen molar-refractivity contribution in [3.8, 4) is 6.07 Å². The van der Waals surface area contributed by atoms with Crippen molar-refractivity contribution in [3.63, 3.8) is 0 Å². The normalized spacial score (nSPS) is 30.2. The first-order valence-electron chi connectivity index (χ1n) is 10.7. The van der Waals surface area contributed by atoms with Crippen molar-refractivity contribution < 1.29 is 37.4 Å². The number of nitriles is 1. The molecule has 0 aliphatic carbocycles. The van der Waals surface area contributed by atoms with Crippen LogP contribution in [0.1, 0.15) is 33.1 Å². The summed E-state index contributed by atoms with van der Waals surface area (Å²) in [5, 5.41) is 17.0. The second-order valence-electron chi connectivity index (χ2n) is 8.77. The van der Waals surface area contributed by atoms with Gasteiger partial charge in [-0.1, -0.05) is 13.8 Å². The predicted octanol–water partition coefficient (Wildman–Crippen LogP) is 0.668. The molecule has 3 aliphatic rings. The fraction of sp³-hybridized carbons (Fsp3) is 0.800. The van der Waals surface area contributed by atoms with Crippen molar-refractivity contribution in [3.05, 3.63) is 0 Å². The summed E-state index contributed by atoms with van der Waals surface area (Å²) >= 11 is 0. The summed E-state index contributed by atoms with van der Waals surface area (Å²) < 4.78 is 43.2. The maximum atomic E-state index is 14.0. The second kappa shape index (κ2) is 9.95. The average Bonchev–Trinajstić information content (AvgIpc) is 3.38. The Hall–Kier alpha value is -2.52. The number of carbonyl (C=O) groups excluding carboxylic acids is 3. The van der Waals surface area contributed by atoms with Crippen LogP contribution >= 0.6 is 0 Å². The molecule has 32 heavy (non-hydrogen) atoms. The van der Waals surface area contributed by atoms with E-state index in [0.717, 1.165) is 0 Å². The van der Waals surface area contributed by atoms with E-state index >= 15 is 0 Å². The zero-order valence-corrected chi connectivity index (χ0v) is 17.9. The lowest BCUT2D eigenvalue weighted by atomic mass is 9.98. The number of alkyl halides is 2. The summed E-state index contributed by atoms with van der Waals surface area (Å²) in [6, 6.07) is 0.00353. The molecule has 0 unspecified atom stereocenters. The Morgan fingerprint density at radius 1 is 1.34 bits per heavy atom. The molecular weight excluding hydrogens is 430 g/mol. The third-order valence-electron chi connectivity index (χ3n) is 5.78. The van der Waals surface area contributed by atoms with E-state index in [4.69, 9.17) is 14.2 Å². The fourth-order valence-corrected chi connectivity index (χ4v) is 4.18. The minimum Gasteiger partial charge on any atom is -0.443 e. The zero-order chi connectivity index (χ0) is 23.5. The SMILES string of the molecule is CC(C)C[C@H](NC(=O)O[C@H]1CO[C@H]2OCC(F)(F)[C@H]21)C(=O)N[C@H](C#N)C[C@@H]1CCNC1=O. The molecule has 3 saturated heterocycles. The first kappa shape index (κ1) is 24.1. The Morgan fingerprint density at radius 2 is 2.09 bits per heavy atom. The minimum atomic E-state index is -3.19. The number of rotatable bonds is 8. The Bertz CT molecular complexity index is 774. The van der Waals surface area contributed by atoms with E-state index in [0.29, 0.717) is 13.0 Å².